The molecule has 0 spiro atoms. The SMILES string of the molecule is CC(C)(CC(=O)O)CC(=O)Oc1ccccc1.CC(CC(=O)O)CC(=O)Oc1ccccc1.CP(=O)(O)Oc1ccccc1.CP(=O)(Oc1ccccc1)c1ccc(Br)cc1.O=C(COCOC(=O)Oc1ccccc1)Oc1ccccc1.O=C(O)CCC(=O)Oc1ccccc1.O=C(O)CCCC(=O)Oc1ccccc1.O=C(O)COCC(=O)Oc1ccccc1.O=P([O-])([O-])Oc1ccccc1.[Na+].[Na+]. The first-order chi connectivity index (χ1) is 65.5. The molecule has 0 saturated carbocycles. The van der Waals surface area contributed by atoms with Crippen molar-refractivity contribution in [3.8, 4) is 57.5 Å². The van der Waals surface area contributed by atoms with Crippen LogP contribution in [0.25, 0.3) is 0 Å². The van der Waals surface area contributed by atoms with Crippen molar-refractivity contribution >= 4 is 116 Å². The number of carboxylic acid groups (broad SMARTS) is 5. The van der Waals surface area contributed by atoms with Crippen LogP contribution < -0.4 is 121 Å². The summed E-state index contributed by atoms with van der Waals surface area (Å²) in [6.07, 6.45) is -0.694. The third-order valence-electron chi connectivity index (χ3n) is 15.6. The van der Waals surface area contributed by atoms with Gasteiger partial charge in [0.25, 0.3) is 7.37 Å². The third-order valence-corrected chi connectivity index (χ3v) is 18.9. The van der Waals surface area contributed by atoms with E-state index in [2.05, 4.69) is 29.9 Å². The zero-order valence-corrected chi connectivity index (χ0v) is 85.4. The molecular weight excluding hydrogens is 1970 g/mol. The molecule has 11 rings (SSSR count). The number of esters is 6. The summed E-state index contributed by atoms with van der Waals surface area (Å²) in [4.78, 5) is 159. The zero-order valence-electron chi connectivity index (χ0n) is 77.1. The Hall–Kier alpha value is -12.8. The zero-order chi connectivity index (χ0) is 102. The van der Waals surface area contributed by atoms with Crippen molar-refractivity contribution in [2.24, 2.45) is 11.3 Å². The van der Waals surface area contributed by atoms with Gasteiger partial charge in [-0.1, -0.05) is 219 Å². The van der Waals surface area contributed by atoms with E-state index in [4.69, 9.17) is 77.4 Å². The summed E-state index contributed by atoms with van der Waals surface area (Å²) in [6, 6.07) is 92.9. The molecule has 3 atom stereocenters. The van der Waals surface area contributed by atoms with Crippen molar-refractivity contribution < 1.29 is 231 Å². The van der Waals surface area contributed by atoms with E-state index in [9.17, 15) is 81.0 Å². The molecule has 140 heavy (non-hydrogen) atoms. The van der Waals surface area contributed by atoms with Crippen LogP contribution >= 0.6 is 38.7 Å². The Morgan fingerprint density at radius 1 is 0.329 bits per heavy atom. The average Bonchev–Trinajstić information content (AvgIpc) is 0.829. The number of hydrogen-bond donors (Lipinski definition) is 6. The van der Waals surface area contributed by atoms with Gasteiger partial charge in [0.05, 0.1) is 25.7 Å². The molecule has 6 N–H and O–H groups in total. The average molecular weight is 2070 g/mol. The Balaban J connectivity index is 0.000000791. The predicted octanol–water partition coefficient (Wildman–Crippen LogP) is 11.2. The minimum absolute atomic E-state index is 0. The minimum Gasteiger partial charge on any atom is -0.780 e. The molecule has 3 unspecified atom stereocenters. The molecule has 11 aromatic carbocycles. The van der Waals surface area contributed by atoms with Crippen LogP contribution in [0.2, 0.25) is 0 Å². The number of carbonyl (C=O) groups is 12. The first-order valence-electron chi connectivity index (χ1n) is 41.1. The van der Waals surface area contributed by atoms with E-state index in [1.165, 1.54) is 12.1 Å². The molecule has 0 fully saturated rings. The normalized spacial score (nSPS) is 11.0. The van der Waals surface area contributed by atoms with E-state index < -0.39 is 113 Å². The molecular formula is C98H102BrNa2O36P3. The van der Waals surface area contributed by atoms with Gasteiger partial charge in [-0.15, -0.1) is 0 Å². The summed E-state index contributed by atoms with van der Waals surface area (Å²) < 4.78 is 97.2. The molecule has 0 aliphatic rings. The molecule has 0 amide bonds. The standard InChI is InChI=1S/C16H14O6.C13H12BrO2P.C13H16O4.C12H14O4.C11H12O4.C10H10O5.C10H10O4.C7H9O3P.C6H7O4P.2Na/c17-15(21-13-7-3-1-4-8-13)11-19-12-20-16(18)22-14-9-5-2-6-10-14;1-17(15,13-9-7-11(14)8-10-13)16-12-5-3-2-4-6-12;1-13(2,8-11(14)15)9-12(16)17-10-6-4-3-5-7-10;1-9(7-11(13)14)8-12(15)16-10-5-3-2-4-6-10;12-10(13)7-4-8-11(14)15-9-5-2-1-3-6-9;11-9(12)6-14-7-10(13)15-8-4-2-1-3-5-8;11-9(12)6-7-10(13)14-8-4-2-1-3-5-8;1-11(8,9)10-7-5-3-2-4-6-7;7-11(8,9)10-6-4-2-1-3-5-6;;/h1-10H,11-12H2;2-10H,1H3;3-7H,8-9H2,1-2H3,(H,14,15);2-6,9H,7-8H2,1H3,(H,13,14);1-3,5-6H,4,7-8H2,(H,12,13);1-5H,6-7H2,(H,11,12);1-5H,6-7H2,(H,11,12);2-6H,1H3,(H,8,9);1-5H,(H2,7,8,9);;/q;;;;;;;;;2*+1/p-2. The minimum atomic E-state index is -4.89. The molecule has 0 bridgehead atoms. The monoisotopic (exact) mass is 2070 g/mol. The van der Waals surface area contributed by atoms with Crippen LogP contribution in [0, 0.1) is 11.3 Å². The van der Waals surface area contributed by atoms with Gasteiger partial charge in [0, 0.05) is 48.8 Å². The van der Waals surface area contributed by atoms with Crippen LogP contribution in [0.1, 0.15) is 78.6 Å². The second-order valence-electron chi connectivity index (χ2n) is 28.6. The largest absolute Gasteiger partial charge is 1.00 e. The van der Waals surface area contributed by atoms with Crippen LogP contribution in [0.3, 0.4) is 0 Å². The predicted molar refractivity (Wildman–Crippen MR) is 502 cm³/mol. The Morgan fingerprint density at radius 3 is 0.964 bits per heavy atom. The summed E-state index contributed by atoms with van der Waals surface area (Å²) >= 11 is 3.35. The van der Waals surface area contributed by atoms with Crippen molar-refractivity contribution in [3.63, 3.8) is 0 Å². The molecule has 11 aromatic rings. The molecule has 0 aliphatic carbocycles. The maximum atomic E-state index is 12.5. The smallest absolute Gasteiger partial charge is 0.780 e. The number of ether oxygens (including phenoxy) is 10. The number of carboxylic acids is 5. The number of benzene rings is 11. The van der Waals surface area contributed by atoms with Gasteiger partial charge in [-0.3, -0.25) is 42.9 Å². The number of hydrogen-bond acceptors (Lipinski definition) is 30. The van der Waals surface area contributed by atoms with E-state index in [1.54, 1.807) is 276 Å². The number of halogens is 1. The van der Waals surface area contributed by atoms with Gasteiger partial charge in [0.1, 0.15) is 85.1 Å². The van der Waals surface area contributed by atoms with Crippen LogP contribution in [0.5, 0.6) is 57.5 Å². The summed E-state index contributed by atoms with van der Waals surface area (Å²) in [6.45, 7) is 6.32. The fourth-order valence-corrected chi connectivity index (χ4v) is 12.3. The first-order valence-corrected chi connectivity index (χ1v) is 47.4. The number of phosphoric ester groups is 1. The van der Waals surface area contributed by atoms with Gasteiger partial charge in [-0.25, -0.2) is 23.7 Å². The fourth-order valence-electron chi connectivity index (χ4n) is 9.85. The van der Waals surface area contributed by atoms with Crippen LogP contribution in [0.4, 0.5) is 4.79 Å². The van der Waals surface area contributed by atoms with Gasteiger partial charge < -0.3 is 106 Å². The molecule has 734 valence electrons. The molecule has 0 aromatic heterocycles. The third kappa shape index (κ3) is 68.3. The summed E-state index contributed by atoms with van der Waals surface area (Å²) in [5.74, 6) is -3.88. The summed E-state index contributed by atoms with van der Waals surface area (Å²) in [5, 5.41) is 42.9. The summed E-state index contributed by atoms with van der Waals surface area (Å²) in [7, 11) is -11.1. The van der Waals surface area contributed by atoms with Crippen LogP contribution in [0.15, 0.2) is 332 Å². The van der Waals surface area contributed by atoms with Gasteiger partial charge >= 0.3 is 139 Å². The summed E-state index contributed by atoms with van der Waals surface area (Å²) in [5.41, 5.74) is -0.600. The Labute approximate surface area is 860 Å². The maximum absolute atomic E-state index is 12.5. The number of carbonyl (C=O) groups excluding carboxylic acids is 7. The molecule has 0 saturated heterocycles. The van der Waals surface area contributed by atoms with Crippen LogP contribution in [-0.4, -0.2) is 142 Å². The van der Waals surface area contributed by atoms with Gasteiger partial charge in [-0.2, -0.15) is 0 Å². The molecule has 0 aliphatic heterocycles. The molecule has 0 heterocycles. The van der Waals surface area contributed by atoms with Crippen molar-refractivity contribution in [2.45, 2.75) is 78.6 Å². The van der Waals surface area contributed by atoms with Crippen molar-refractivity contribution in [1.82, 2.24) is 0 Å². The quantitative estimate of drug-likeness (QED) is 0.00400. The van der Waals surface area contributed by atoms with Gasteiger partial charge in [0.15, 0.2) is 6.79 Å². The first kappa shape index (κ1) is 125. The fraction of sp³-hybridized carbons (Fsp3) is 0.204. The number of phosphoric acid groups is 1. The molecule has 42 heteroatoms. The van der Waals surface area contributed by atoms with Gasteiger partial charge in [0.2, 0.25) is 0 Å². The Bertz CT molecular complexity index is 5410. The van der Waals surface area contributed by atoms with Crippen molar-refractivity contribution in [2.75, 3.05) is 39.9 Å². The topological polar surface area (TPSA) is 544 Å². The van der Waals surface area contributed by atoms with E-state index in [0.717, 1.165) is 11.1 Å². The second kappa shape index (κ2) is 71.6. The second-order valence-corrected chi connectivity index (χ2v) is 34.8. The maximum Gasteiger partial charge on any atom is 1.00 e. The van der Waals surface area contributed by atoms with Gasteiger partial charge in [-0.05, 0) is 163 Å². The van der Waals surface area contributed by atoms with E-state index in [0.29, 0.717) is 63.5 Å². The van der Waals surface area contributed by atoms with E-state index >= 15 is 0 Å². The van der Waals surface area contributed by atoms with E-state index in [-0.39, 0.29) is 135 Å². The van der Waals surface area contributed by atoms with Crippen molar-refractivity contribution in [1.29, 1.82) is 0 Å². The molecule has 36 nitrogen and oxygen atoms in total. The molecule has 0 radical (unpaired) electrons. The Kier molecular flexibility index (Phi) is 64.1. The Morgan fingerprint density at radius 2 is 0.636 bits per heavy atom. The number of rotatable bonds is 37. The number of para-hydroxylation sites is 10. The van der Waals surface area contributed by atoms with Crippen molar-refractivity contribution in [3.05, 3.63) is 332 Å². The van der Waals surface area contributed by atoms with Crippen LogP contribution in [-0.2, 0) is 80.6 Å². The van der Waals surface area contributed by atoms with E-state index in [1.807, 2.05) is 66.7 Å². The number of aliphatic carboxylic acids is 5.